The van der Waals surface area contributed by atoms with Crippen molar-refractivity contribution in [2.24, 2.45) is 10.2 Å². The van der Waals surface area contributed by atoms with Gasteiger partial charge < -0.3 is 15.2 Å². The number of anilines is 1. The molecule has 0 heterocycles. The second kappa shape index (κ2) is 13.3. The summed E-state index contributed by atoms with van der Waals surface area (Å²) < 4.78 is 39.5. The maximum Gasteiger partial charge on any atom is 1.00 e. The minimum absolute atomic E-state index is 0. The number of fused-ring (bicyclic) bond motifs is 1. The molecule has 0 spiro atoms. The van der Waals surface area contributed by atoms with Gasteiger partial charge in [-0.15, -0.1) is 5.11 Å². The van der Waals surface area contributed by atoms with E-state index in [2.05, 4.69) is 15.5 Å². The van der Waals surface area contributed by atoms with E-state index in [4.69, 9.17) is 27.9 Å². The van der Waals surface area contributed by atoms with Crippen molar-refractivity contribution in [3.8, 4) is 11.5 Å². The Labute approximate surface area is 263 Å². The normalized spacial score (nSPS) is 11.4. The van der Waals surface area contributed by atoms with Gasteiger partial charge in [-0.05, 0) is 54.6 Å². The van der Waals surface area contributed by atoms with E-state index >= 15 is 0 Å². The molecule has 0 fully saturated rings. The summed E-state index contributed by atoms with van der Waals surface area (Å²) in [5.74, 6) is -1.12. The van der Waals surface area contributed by atoms with Crippen molar-refractivity contribution in [3.05, 3.63) is 81.8 Å². The molecule has 9 nitrogen and oxygen atoms in total. The molecule has 202 valence electrons. The zero-order valence-corrected chi connectivity index (χ0v) is 26.1. The Morgan fingerprint density at radius 1 is 1.05 bits per heavy atom. The quantitative estimate of drug-likeness (QED) is 0.175. The molecule has 2 N–H and O–H groups in total. The summed E-state index contributed by atoms with van der Waals surface area (Å²) in [6.07, 6.45) is 0.233. The van der Waals surface area contributed by atoms with Gasteiger partial charge in [-0.25, -0.2) is 0 Å². The summed E-state index contributed by atoms with van der Waals surface area (Å²) in [7, 11) is -4.70. The Hall–Kier alpha value is -2.70. The van der Waals surface area contributed by atoms with E-state index in [0.29, 0.717) is 23.1 Å². The van der Waals surface area contributed by atoms with Gasteiger partial charge in [0.25, 0.3) is 16.0 Å². The molecule has 40 heavy (non-hydrogen) atoms. The van der Waals surface area contributed by atoms with Crippen molar-refractivity contribution < 1.29 is 57.2 Å². The fourth-order valence-electron chi connectivity index (χ4n) is 4.01. The number of rotatable bonds is 8. The Morgan fingerprint density at radius 2 is 1.77 bits per heavy atom. The van der Waals surface area contributed by atoms with E-state index in [1.165, 1.54) is 18.2 Å². The van der Waals surface area contributed by atoms with E-state index in [9.17, 15) is 22.9 Å². The molecule has 0 aliphatic rings. The topological polar surface area (TPSA) is 140 Å². The average Bonchev–Trinajstić information content (AvgIpc) is 2.89. The van der Waals surface area contributed by atoms with Crippen LogP contribution in [-0.4, -0.2) is 25.5 Å². The molecule has 0 aliphatic heterocycles. The molecule has 0 atom stereocenters. The molecule has 4 aromatic rings. The summed E-state index contributed by atoms with van der Waals surface area (Å²) in [6.45, 7) is 3.84. The first-order valence-electron chi connectivity index (χ1n) is 11.7. The summed E-state index contributed by atoms with van der Waals surface area (Å²) in [5, 5.41) is 25.4. The maximum absolute atomic E-state index is 13.5. The molecular formula is C27H22Cl2N3NaO6S. The van der Waals surface area contributed by atoms with E-state index in [-0.39, 0.29) is 74.2 Å². The summed E-state index contributed by atoms with van der Waals surface area (Å²) in [6, 6.07) is 15.6. The molecule has 0 saturated carbocycles. The van der Waals surface area contributed by atoms with Gasteiger partial charge in [0.2, 0.25) is 0 Å². The smallest absolute Gasteiger partial charge is 0.870 e. The molecule has 0 unspecified atom stereocenters. The first kappa shape index (κ1) is 31.8. The number of nitrogens with zero attached hydrogens (tertiary/aromatic N) is 2. The Kier molecular flexibility index (Phi) is 10.6. The van der Waals surface area contributed by atoms with Crippen LogP contribution in [0.3, 0.4) is 0 Å². The van der Waals surface area contributed by atoms with Crippen molar-refractivity contribution in [3.63, 3.8) is 0 Å². The second-order valence-corrected chi connectivity index (χ2v) is 10.4. The second-order valence-electron chi connectivity index (χ2n) is 8.27. The molecule has 0 radical (unpaired) electrons. The minimum Gasteiger partial charge on any atom is -0.870 e. The van der Waals surface area contributed by atoms with Crippen LogP contribution in [0.2, 0.25) is 10.0 Å². The van der Waals surface area contributed by atoms with E-state index in [0.717, 1.165) is 0 Å². The number of amides is 1. The molecular weight excluding hydrogens is 588 g/mol. The number of hydrogen-bond donors (Lipinski definition) is 2. The van der Waals surface area contributed by atoms with Crippen LogP contribution in [0.1, 0.15) is 29.8 Å². The summed E-state index contributed by atoms with van der Waals surface area (Å²) in [5.41, 5.74) is -0.222. The number of carbonyl (C=O) groups is 1. The SMILES string of the molecule is CCOc1cccc(NC(=O)c2cc3ccccc3c(N=Nc3cc(Cl)cc(CC)c3S(=O)(=O)O)c2[O-])c1Cl.[Na+]. The zero-order valence-electron chi connectivity index (χ0n) is 21.7. The first-order valence-corrected chi connectivity index (χ1v) is 13.9. The number of halogens is 2. The minimum atomic E-state index is -4.70. The Balaban J connectivity index is 0.00000441. The molecule has 0 aromatic heterocycles. The van der Waals surface area contributed by atoms with Gasteiger partial charge in [0.15, 0.2) is 0 Å². The third kappa shape index (κ3) is 6.77. The van der Waals surface area contributed by atoms with Crippen molar-refractivity contribution in [1.29, 1.82) is 0 Å². The van der Waals surface area contributed by atoms with Crippen LogP contribution in [0.5, 0.6) is 11.5 Å². The molecule has 0 aliphatic carbocycles. The predicted octanol–water partition coefficient (Wildman–Crippen LogP) is 4.10. The van der Waals surface area contributed by atoms with E-state index < -0.39 is 26.7 Å². The zero-order chi connectivity index (χ0) is 28.3. The fourth-order valence-corrected chi connectivity index (χ4v) is 5.38. The molecule has 4 aromatic carbocycles. The molecule has 1 amide bonds. The largest absolute Gasteiger partial charge is 1.00 e. The van der Waals surface area contributed by atoms with Gasteiger partial charge in [0.1, 0.15) is 21.4 Å². The Bertz CT molecular complexity index is 1730. The van der Waals surface area contributed by atoms with Crippen molar-refractivity contribution >= 4 is 67.1 Å². The van der Waals surface area contributed by atoms with Crippen molar-refractivity contribution in [2.45, 2.75) is 25.2 Å². The van der Waals surface area contributed by atoms with Gasteiger partial charge in [-0.1, -0.05) is 66.2 Å². The van der Waals surface area contributed by atoms with E-state index in [1.54, 1.807) is 56.3 Å². The Morgan fingerprint density at radius 3 is 2.45 bits per heavy atom. The number of carbonyl (C=O) groups excluding carboxylic acids is 1. The third-order valence-electron chi connectivity index (χ3n) is 5.74. The number of hydrogen-bond acceptors (Lipinski definition) is 7. The van der Waals surface area contributed by atoms with Crippen molar-refractivity contribution in [2.75, 3.05) is 11.9 Å². The number of ether oxygens (including phenoxy) is 1. The number of nitrogens with one attached hydrogen (secondary N) is 1. The standard InChI is InChI=1S/C27H23Cl2N3O6S.Na/c1-3-15-12-17(28)14-21(26(15)39(35,36)37)31-32-24-18-9-6-5-8-16(18)13-19(25(24)33)27(34)30-20-10-7-11-22(23(20)29)38-4-2;/h5-14,33H,3-4H2,1-2H3,(H,30,34)(H,35,36,37);/q;+1/p-1. The monoisotopic (exact) mass is 609 g/mol. The fraction of sp³-hybridized carbons (Fsp3) is 0.148. The summed E-state index contributed by atoms with van der Waals surface area (Å²) in [4.78, 5) is 12.8. The van der Waals surface area contributed by atoms with Crippen LogP contribution in [0.4, 0.5) is 17.1 Å². The van der Waals surface area contributed by atoms with Gasteiger partial charge in [-0.3, -0.25) is 9.35 Å². The van der Waals surface area contributed by atoms with Gasteiger partial charge >= 0.3 is 29.6 Å². The third-order valence-corrected chi connectivity index (χ3v) is 7.33. The number of azo groups is 1. The van der Waals surface area contributed by atoms with Crippen molar-refractivity contribution in [1.82, 2.24) is 0 Å². The number of benzene rings is 4. The van der Waals surface area contributed by atoms with Crippen LogP contribution < -0.4 is 44.7 Å². The predicted molar refractivity (Wildman–Crippen MR) is 149 cm³/mol. The van der Waals surface area contributed by atoms with Crippen LogP contribution in [0.15, 0.2) is 75.8 Å². The molecule has 0 bridgehead atoms. The molecule has 0 saturated heterocycles. The van der Waals surface area contributed by atoms with Gasteiger partial charge in [0, 0.05) is 16.0 Å². The van der Waals surface area contributed by atoms with Crippen LogP contribution in [-0.2, 0) is 16.5 Å². The molecule has 13 heteroatoms. The van der Waals surface area contributed by atoms with E-state index in [1.807, 2.05) is 0 Å². The van der Waals surface area contributed by atoms with Crippen LogP contribution >= 0.6 is 23.2 Å². The maximum atomic E-state index is 13.5. The van der Waals surface area contributed by atoms with Gasteiger partial charge in [-0.2, -0.15) is 13.5 Å². The molecule has 4 rings (SSSR count). The van der Waals surface area contributed by atoms with Gasteiger partial charge in [0.05, 0.1) is 18.0 Å². The van der Waals surface area contributed by atoms with Crippen LogP contribution in [0, 0.1) is 0 Å². The first-order chi connectivity index (χ1) is 18.5. The average molecular weight is 610 g/mol. The summed E-state index contributed by atoms with van der Waals surface area (Å²) >= 11 is 12.5. The van der Waals surface area contributed by atoms with Crippen LogP contribution in [0.25, 0.3) is 10.8 Å². The number of aryl methyl sites for hydroxylation is 1.